The number of nitrogens with one attached hydrogen (secondary N) is 2. The lowest BCUT2D eigenvalue weighted by Gasteiger charge is -2.07. The molecule has 0 unspecified atom stereocenters. The predicted molar refractivity (Wildman–Crippen MR) is 77.5 cm³/mol. The van der Waals surface area contributed by atoms with Crippen LogP contribution in [0.3, 0.4) is 0 Å². The van der Waals surface area contributed by atoms with Gasteiger partial charge in [0.1, 0.15) is 5.82 Å². The summed E-state index contributed by atoms with van der Waals surface area (Å²) in [6.07, 6.45) is 1.40. The first kappa shape index (κ1) is 15.2. The molecule has 110 valence electrons. The summed E-state index contributed by atoms with van der Waals surface area (Å²) in [5.74, 6) is -1.07. The van der Waals surface area contributed by atoms with Gasteiger partial charge in [-0.3, -0.25) is 9.59 Å². The molecule has 0 aliphatic carbocycles. The third-order valence-corrected chi connectivity index (χ3v) is 3.31. The molecule has 0 aliphatic rings. The van der Waals surface area contributed by atoms with Gasteiger partial charge in [0.15, 0.2) is 5.76 Å². The third-order valence-electron chi connectivity index (χ3n) is 2.61. The van der Waals surface area contributed by atoms with Crippen LogP contribution in [0.2, 0.25) is 0 Å². The lowest BCUT2D eigenvalue weighted by atomic mass is 10.2. The van der Waals surface area contributed by atoms with E-state index in [1.165, 1.54) is 24.5 Å². The van der Waals surface area contributed by atoms with Crippen LogP contribution in [0, 0.1) is 5.82 Å². The summed E-state index contributed by atoms with van der Waals surface area (Å²) in [5.41, 5.74) is 0.201. The van der Waals surface area contributed by atoms with Gasteiger partial charge < -0.3 is 15.1 Å². The van der Waals surface area contributed by atoms with E-state index >= 15 is 0 Å². The van der Waals surface area contributed by atoms with Crippen molar-refractivity contribution in [1.82, 2.24) is 10.6 Å². The van der Waals surface area contributed by atoms with Gasteiger partial charge in [-0.1, -0.05) is 0 Å². The zero-order chi connectivity index (χ0) is 15.2. The molecule has 0 saturated carbocycles. The van der Waals surface area contributed by atoms with E-state index in [1.54, 1.807) is 6.07 Å². The maximum atomic E-state index is 13.1. The van der Waals surface area contributed by atoms with E-state index in [2.05, 4.69) is 26.6 Å². The van der Waals surface area contributed by atoms with E-state index in [0.717, 1.165) is 6.07 Å². The number of carbonyl (C=O) groups is 2. The molecule has 1 aromatic carbocycles. The topological polar surface area (TPSA) is 71.3 Å². The van der Waals surface area contributed by atoms with Crippen molar-refractivity contribution in [3.8, 4) is 0 Å². The van der Waals surface area contributed by atoms with Crippen molar-refractivity contribution >= 4 is 27.7 Å². The molecule has 2 rings (SSSR count). The molecule has 7 heteroatoms. The van der Waals surface area contributed by atoms with Gasteiger partial charge in [-0.15, -0.1) is 0 Å². The van der Waals surface area contributed by atoms with Gasteiger partial charge in [0.25, 0.3) is 11.8 Å². The van der Waals surface area contributed by atoms with E-state index in [0.29, 0.717) is 4.47 Å². The van der Waals surface area contributed by atoms with Gasteiger partial charge >= 0.3 is 0 Å². The van der Waals surface area contributed by atoms with Crippen molar-refractivity contribution in [2.45, 2.75) is 0 Å². The van der Waals surface area contributed by atoms with E-state index in [4.69, 9.17) is 4.42 Å². The molecular formula is C14H12BrFN2O3. The van der Waals surface area contributed by atoms with Crippen LogP contribution in [0.4, 0.5) is 4.39 Å². The van der Waals surface area contributed by atoms with Crippen molar-refractivity contribution in [2.75, 3.05) is 13.1 Å². The summed E-state index contributed by atoms with van der Waals surface area (Å²) in [7, 11) is 0. The van der Waals surface area contributed by atoms with Crippen molar-refractivity contribution in [2.24, 2.45) is 0 Å². The Morgan fingerprint density at radius 1 is 1.14 bits per heavy atom. The first-order chi connectivity index (χ1) is 10.1. The number of rotatable bonds is 5. The molecule has 0 fully saturated rings. The average Bonchev–Trinajstić information content (AvgIpc) is 3.00. The quantitative estimate of drug-likeness (QED) is 0.809. The lowest BCUT2D eigenvalue weighted by Crippen LogP contribution is -2.34. The highest BCUT2D eigenvalue weighted by molar-refractivity contribution is 9.10. The first-order valence-electron chi connectivity index (χ1n) is 6.13. The second kappa shape index (κ2) is 7.03. The normalized spacial score (nSPS) is 10.2. The van der Waals surface area contributed by atoms with E-state index in [-0.39, 0.29) is 30.3 Å². The molecule has 2 N–H and O–H groups in total. The zero-order valence-corrected chi connectivity index (χ0v) is 12.4. The van der Waals surface area contributed by atoms with Gasteiger partial charge in [-0.2, -0.15) is 0 Å². The number of carbonyl (C=O) groups excluding carboxylic acids is 2. The summed E-state index contributed by atoms with van der Waals surface area (Å²) in [5, 5.41) is 5.17. The minimum atomic E-state index is -0.491. The fourth-order valence-electron chi connectivity index (χ4n) is 1.61. The molecule has 5 nitrogen and oxygen atoms in total. The van der Waals surface area contributed by atoms with Crippen LogP contribution in [-0.4, -0.2) is 24.9 Å². The average molecular weight is 355 g/mol. The minimum Gasteiger partial charge on any atom is -0.459 e. The fourth-order valence-corrected chi connectivity index (χ4v) is 2.04. The van der Waals surface area contributed by atoms with Crippen LogP contribution in [0.1, 0.15) is 20.9 Å². The van der Waals surface area contributed by atoms with E-state index in [9.17, 15) is 14.0 Å². The number of benzene rings is 1. The smallest absolute Gasteiger partial charge is 0.287 e. The Balaban J connectivity index is 1.79. The molecule has 0 saturated heterocycles. The third kappa shape index (κ3) is 4.16. The SMILES string of the molecule is O=C(NCCNC(=O)c1cc(F)ccc1Br)c1ccco1. The predicted octanol–water partition coefficient (Wildman–Crippen LogP) is 2.34. The summed E-state index contributed by atoms with van der Waals surface area (Å²) in [6, 6.07) is 7.00. The molecule has 0 bridgehead atoms. The molecular weight excluding hydrogens is 343 g/mol. The molecule has 0 aliphatic heterocycles. The molecule has 1 heterocycles. The van der Waals surface area contributed by atoms with Gasteiger partial charge in [0, 0.05) is 17.6 Å². The largest absolute Gasteiger partial charge is 0.459 e. The number of furan rings is 1. The Labute approximate surface area is 128 Å². The fraction of sp³-hybridized carbons (Fsp3) is 0.143. The van der Waals surface area contributed by atoms with Crippen LogP contribution >= 0.6 is 15.9 Å². The van der Waals surface area contributed by atoms with Gasteiger partial charge in [-0.25, -0.2) is 4.39 Å². The molecule has 0 spiro atoms. The standard InChI is InChI=1S/C14H12BrFN2O3/c15-11-4-3-9(16)8-10(11)13(19)17-5-6-18-14(20)12-2-1-7-21-12/h1-4,7-8H,5-6H2,(H,17,19)(H,18,20). The first-order valence-corrected chi connectivity index (χ1v) is 6.92. The maximum absolute atomic E-state index is 13.1. The Morgan fingerprint density at radius 3 is 2.52 bits per heavy atom. The highest BCUT2D eigenvalue weighted by atomic mass is 79.9. The van der Waals surface area contributed by atoms with Gasteiger partial charge in [-0.05, 0) is 46.3 Å². The second-order valence-corrected chi connectivity index (χ2v) is 4.97. The highest BCUT2D eigenvalue weighted by Gasteiger charge is 2.11. The Bertz CT molecular complexity index is 644. The zero-order valence-electron chi connectivity index (χ0n) is 10.9. The second-order valence-electron chi connectivity index (χ2n) is 4.11. The van der Waals surface area contributed by atoms with Crippen molar-refractivity contribution in [1.29, 1.82) is 0 Å². The van der Waals surface area contributed by atoms with E-state index in [1.807, 2.05) is 0 Å². The number of hydrogen-bond acceptors (Lipinski definition) is 3. The summed E-state index contributed by atoms with van der Waals surface area (Å²) < 4.78 is 18.5. The van der Waals surface area contributed by atoms with E-state index < -0.39 is 11.7 Å². The van der Waals surface area contributed by atoms with Gasteiger partial charge in [0.2, 0.25) is 0 Å². The highest BCUT2D eigenvalue weighted by Crippen LogP contribution is 2.17. The van der Waals surface area contributed by atoms with Crippen molar-refractivity contribution in [3.63, 3.8) is 0 Å². The summed E-state index contributed by atoms with van der Waals surface area (Å²) in [6.45, 7) is 0.451. The van der Waals surface area contributed by atoms with Crippen LogP contribution in [0.15, 0.2) is 45.5 Å². The molecule has 2 aromatic rings. The number of halogens is 2. The maximum Gasteiger partial charge on any atom is 0.287 e. The Hall–Kier alpha value is -2.15. The van der Waals surface area contributed by atoms with Gasteiger partial charge in [0.05, 0.1) is 11.8 Å². The van der Waals surface area contributed by atoms with Crippen molar-refractivity contribution in [3.05, 3.63) is 58.2 Å². The lowest BCUT2D eigenvalue weighted by molar-refractivity contribution is 0.0910. The molecule has 0 atom stereocenters. The number of amides is 2. The minimum absolute atomic E-state index is 0.201. The molecule has 2 amide bonds. The van der Waals surface area contributed by atoms with Crippen LogP contribution in [0.5, 0.6) is 0 Å². The summed E-state index contributed by atoms with van der Waals surface area (Å²) in [4.78, 5) is 23.4. The van der Waals surface area contributed by atoms with Crippen LogP contribution in [0.25, 0.3) is 0 Å². The van der Waals surface area contributed by atoms with Crippen LogP contribution in [-0.2, 0) is 0 Å². The molecule has 21 heavy (non-hydrogen) atoms. The number of hydrogen-bond donors (Lipinski definition) is 2. The van der Waals surface area contributed by atoms with Crippen molar-refractivity contribution < 1.29 is 18.4 Å². The molecule has 1 aromatic heterocycles. The summed E-state index contributed by atoms with van der Waals surface area (Å²) >= 11 is 3.18. The van der Waals surface area contributed by atoms with Crippen LogP contribution < -0.4 is 10.6 Å². The monoisotopic (exact) mass is 354 g/mol. The molecule has 0 radical (unpaired) electrons. The Kier molecular flexibility index (Phi) is 5.10. The Morgan fingerprint density at radius 2 is 1.86 bits per heavy atom.